The molecule has 5 nitrogen and oxygen atoms in total. The molecule has 0 aliphatic heterocycles. The predicted molar refractivity (Wildman–Crippen MR) is 72.5 cm³/mol. The largest absolute Gasteiger partial charge is 0.480 e. The van der Waals surface area contributed by atoms with E-state index in [-0.39, 0.29) is 16.0 Å². The van der Waals surface area contributed by atoms with Crippen molar-refractivity contribution in [3.8, 4) is 0 Å². The lowest BCUT2D eigenvalue weighted by molar-refractivity contribution is -0.140. The molecule has 1 atom stereocenters. The van der Waals surface area contributed by atoms with Crippen LogP contribution in [0.5, 0.6) is 0 Å². The smallest absolute Gasteiger partial charge is 0.322 e. The van der Waals surface area contributed by atoms with E-state index in [2.05, 4.69) is 4.72 Å². The number of hydrogen-bond donors (Lipinski definition) is 2. The zero-order valence-corrected chi connectivity index (χ0v) is 12.6. The fraction of sp³-hybridized carbons (Fsp3) is 0.462. The van der Waals surface area contributed by atoms with E-state index < -0.39 is 33.8 Å². The van der Waals surface area contributed by atoms with E-state index >= 15 is 0 Å². The van der Waals surface area contributed by atoms with Crippen molar-refractivity contribution in [3.05, 3.63) is 29.1 Å². The van der Waals surface area contributed by atoms with Crippen molar-refractivity contribution in [2.75, 3.05) is 0 Å². The van der Waals surface area contributed by atoms with Crippen LogP contribution < -0.4 is 4.72 Å². The van der Waals surface area contributed by atoms with Crippen LogP contribution in [0.3, 0.4) is 0 Å². The Balaban J connectivity index is 3.28. The van der Waals surface area contributed by atoms with Gasteiger partial charge in [0, 0.05) is 0 Å². The van der Waals surface area contributed by atoms with E-state index in [1.54, 1.807) is 13.8 Å². The summed E-state index contributed by atoms with van der Waals surface area (Å²) in [5.41, 5.74) is 0.478. The summed E-state index contributed by atoms with van der Waals surface area (Å²) in [5.74, 6) is -2.19. The summed E-state index contributed by atoms with van der Waals surface area (Å²) in [7, 11) is -4.03. The highest BCUT2D eigenvalue weighted by Crippen LogP contribution is 2.22. The molecule has 2 N–H and O–H groups in total. The fourth-order valence-corrected chi connectivity index (χ4v) is 3.81. The Morgan fingerprint density at radius 2 is 1.70 bits per heavy atom. The second kappa shape index (κ2) is 5.88. The number of rotatable bonds is 5. The molecule has 0 saturated heterocycles. The molecule has 1 rings (SSSR count). The summed E-state index contributed by atoms with van der Waals surface area (Å²) >= 11 is 0. The van der Waals surface area contributed by atoms with Crippen molar-refractivity contribution >= 4 is 16.0 Å². The molecule has 0 fully saturated rings. The van der Waals surface area contributed by atoms with Gasteiger partial charge in [-0.15, -0.1) is 0 Å². The molecule has 0 bridgehead atoms. The van der Waals surface area contributed by atoms with Gasteiger partial charge in [-0.2, -0.15) is 4.72 Å². The molecule has 0 amide bonds. The Bertz CT molecular complexity index is 602. The van der Waals surface area contributed by atoms with Crippen LogP contribution in [0, 0.1) is 25.6 Å². The monoisotopic (exact) mass is 303 g/mol. The number of aliphatic carboxylic acids is 1. The molecular formula is C13H18FNO4S. The number of benzene rings is 1. The number of halogens is 1. The fourth-order valence-electron chi connectivity index (χ4n) is 2.02. The maximum Gasteiger partial charge on any atom is 0.322 e. The molecule has 1 aromatic carbocycles. The maximum absolute atomic E-state index is 13.2. The molecule has 0 radical (unpaired) electrons. The molecule has 1 aromatic rings. The average Bonchev–Trinajstić information content (AvgIpc) is 2.23. The minimum absolute atomic E-state index is 0.0780. The van der Waals surface area contributed by atoms with Crippen LogP contribution in [0.25, 0.3) is 0 Å². The van der Waals surface area contributed by atoms with Gasteiger partial charge < -0.3 is 5.11 Å². The van der Waals surface area contributed by atoms with Gasteiger partial charge in [0.15, 0.2) is 0 Å². The lowest BCUT2D eigenvalue weighted by atomic mass is 10.1. The quantitative estimate of drug-likeness (QED) is 0.869. The summed E-state index contributed by atoms with van der Waals surface area (Å²) in [6.45, 7) is 6.14. The lowest BCUT2D eigenvalue weighted by Gasteiger charge is -2.19. The second-order valence-corrected chi connectivity index (χ2v) is 6.70. The molecule has 0 heterocycles. The van der Waals surface area contributed by atoms with Gasteiger partial charge in [0.25, 0.3) is 0 Å². The number of carbonyl (C=O) groups is 1. The second-order valence-electron chi connectivity index (χ2n) is 5.05. The first-order valence-electron chi connectivity index (χ1n) is 6.08. The normalized spacial score (nSPS) is 13.5. The van der Waals surface area contributed by atoms with Gasteiger partial charge in [-0.1, -0.05) is 13.8 Å². The van der Waals surface area contributed by atoms with Crippen molar-refractivity contribution in [1.29, 1.82) is 0 Å². The Hall–Kier alpha value is -1.47. The van der Waals surface area contributed by atoms with E-state index in [1.165, 1.54) is 13.8 Å². The number of sulfonamides is 1. The summed E-state index contributed by atoms with van der Waals surface area (Å²) in [5, 5.41) is 9.05. The molecule has 0 spiro atoms. The number of carboxylic acids is 1. The van der Waals surface area contributed by atoms with Crippen LogP contribution in [0.15, 0.2) is 17.0 Å². The standard InChI is InChI=1S/C13H18FNO4S/c1-7(2)11(13(16)17)15-20(18,19)12-8(3)5-10(14)6-9(12)4/h5-7,11,15H,1-4H3,(H,16,17)/t11-/m1/s1. The molecular weight excluding hydrogens is 285 g/mol. The van der Waals surface area contributed by atoms with E-state index in [1.807, 2.05) is 0 Å². The average molecular weight is 303 g/mol. The number of nitrogens with one attached hydrogen (secondary N) is 1. The Kier molecular flexibility index (Phi) is 4.88. The zero-order chi connectivity index (χ0) is 15.7. The number of hydrogen-bond acceptors (Lipinski definition) is 3. The highest BCUT2D eigenvalue weighted by atomic mass is 32.2. The Morgan fingerprint density at radius 1 is 1.25 bits per heavy atom. The summed E-state index contributed by atoms with van der Waals surface area (Å²) in [6, 6.07) is 0.975. The molecule has 7 heteroatoms. The van der Waals surface area contributed by atoms with Crippen molar-refractivity contribution in [2.24, 2.45) is 5.92 Å². The highest BCUT2D eigenvalue weighted by Gasteiger charge is 2.29. The topological polar surface area (TPSA) is 83.5 Å². The first-order valence-corrected chi connectivity index (χ1v) is 7.56. The summed E-state index contributed by atoms with van der Waals surface area (Å²) in [4.78, 5) is 11.0. The third-order valence-electron chi connectivity index (χ3n) is 2.91. The van der Waals surface area contributed by atoms with Crippen molar-refractivity contribution < 1.29 is 22.7 Å². The van der Waals surface area contributed by atoms with E-state index in [4.69, 9.17) is 5.11 Å². The van der Waals surface area contributed by atoms with E-state index in [9.17, 15) is 17.6 Å². The third-order valence-corrected chi connectivity index (χ3v) is 4.65. The van der Waals surface area contributed by atoms with Crippen LogP contribution in [0.4, 0.5) is 4.39 Å². The van der Waals surface area contributed by atoms with Gasteiger partial charge in [0.1, 0.15) is 11.9 Å². The molecule has 0 aromatic heterocycles. The van der Waals surface area contributed by atoms with Gasteiger partial charge in [-0.25, -0.2) is 12.8 Å². The molecule has 0 aliphatic rings. The Morgan fingerprint density at radius 3 is 2.05 bits per heavy atom. The van der Waals surface area contributed by atoms with Gasteiger partial charge in [-0.05, 0) is 43.0 Å². The van der Waals surface area contributed by atoms with E-state index in [0.29, 0.717) is 0 Å². The van der Waals surface area contributed by atoms with Gasteiger partial charge >= 0.3 is 5.97 Å². The summed E-state index contributed by atoms with van der Waals surface area (Å²) < 4.78 is 40.0. The predicted octanol–water partition coefficient (Wildman–Crippen LogP) is 1.83. The minimum atomic E-state index is -4.03. The molecule has 0 unspecified atom stereocenters. The number of carboxylic acid groups (broad SMARTS) is 1. The van der Waals surface area contributed by atoms with Crippen LogP contribution >= 0.6 is 0 Å². The van der Waals surface area contributed by atoms with Crippen LogP contribution in [0.1, 0.15) is 25.0 Å². The van der Waals surface area contributed by atoms with Crippen LogP contribution in [-0.4, -0.2) is 25.5 Å². The minimum Gasteiger partial charge on any atom is -0.480 e. The summed E-state index contributed by atoms with van der Waals surface area (Å²) in [6.07, 6.45) is 0. The van der Waals surface area contributed by atoms with Gasteiger partial charge in [0.05, 0.1) is 4.90 Å². The SMILES string of the molecule is Cc1cc(F)cc(C)c1S(=O)(=O)N[C@@H](C(=O)O)C(C)C. The molecule has 0 aliphatic carbocycles. The van der Waals surface area contributed by atoms with Crippen LogP contribution in [-0.2, 0) is 14.8 Å². The first-order chi connectivity index (χ1) is 9.06. The molecule has 0 saturated carbocycles. The van der Waals surface area contributed by atoms with E-state index in [0.717, 1.165) is 12.1 Å². The van der Waals surface area contributed by atoms with Gasteiger partial charge in [0.2, 0.25) is 10.0 Å². The molecule has 20 heavy (non-hydrogen) atoms. The van der Waals surface area contributed by atoms with Crippen LogP contribution in [0.2, 0.25) is 0 Å². The lowest BCUT2D eigenvalue weighted by Crippen LogP contribution is -2.44. The van der Waals surface area contributed by atoms with Gasteiger partial charge in [-0.3, -0.25) is 4.79 Å². The van der Waals surface area contributed by atoms with Crippen molar-refractivity contribution in [2.45, 2.75) is 38.6 Å². The van der Waals surface area contributed by atoms with Crippen molar-refractivity contribution in [1.82, 2.24) is 4.72 Å². The third kappa shape index (κ3) is 3.55. The molecule has 112 valence electrons. The number of aryl methyl sites for hydroxylation is 2. The zero-order valence-electron chi connectivity index (χ0n) is 11.8. The highest BCUT2D eigenvalue weighted by molar-refractivity contribution is 7.89. The Labute approximate surface area is 117 Å². The maximum atomic E-state index is 13.2. The first kappa shape index (κ1) is 16.6. The van der Waals surface area contributed by atoms with Crippen molar-refractivity contribution in [3.63, 3.8) is 0 Å².